The number of benzene rings is 2. The molecule has 2 aromatic heterocycles. The Labute approximate surface area is 158 Å². The lowest BCUT2D eigenvalue weighted by Crippen LogP contribution is -1.88. The van der Waals surface area contributed by atoms with Crippen molar-refractivity contribution in [2.45, 2.75) is 19.8 Å². The monoisotopic (exact) mass is 357 g/mol. The molecule has 4 heteroatoms. The molecule has 27 heavy (non-hydrogen) atoms. The van der Waals surface area contributed by atoms with Crippen LogP contribution in [-0.4, -0.2) is 15.0 Å². The highest BCUT2D eigenvalue weighted by Gasteiger charge is 2.16. The van der Waals surface area contributed by atoms with E-state index < -0.39 is 0 Å². The van der Waals surface area contributed by atoms with Crippen molar-refractivity contribution < 1.29 is 4.39 Å². The molecule has 3 nitrogen and oxygen atoms in total. The first kappa shape index (κ1) is 17.2. The van der Waals surface area contributed by atoms with Crippen molar-refractivity contribution in [3.8, 4) is 33.9 Å². The molecule has 0 unspecified atom stereocenters. The van der Waals surface area contributed by atoms with E-state index >= 15 is 0 Å². The Bertz CT molecular complexity index is 1050. The Morgan fingerprint density at radius 3 is 2.30 bits per heavy atom. The Kier molecular flexibility index (Phi) is 4.55. The summed E-state index contributed by atoms with van der Waals surface area (Å²) in [4.78, 5) is 12.4. The van der Waals surface area contributed by atoms with E-state index in [9.17, 15) is 4.39 Å². The van der Waals surface area contributed by atoms with Crippen molar-refractivity contribution in [1.29, 1.82) is 0 Å². The van der Waals surface area contributed by atoms with Crippen LogP contribution in [0.5, 0.6) is 0 Å². The SMILES string of the molecule is CC(C)c1cccc(-c2nc(-c3ccc(F)cc3)c(-c3ccncc3)[nH]2)c1. The van der Waals surface area contributed by atoms with Gasteiger partial charge in [-0.25, -0.2) is 9.37 Å². The zero-order chi connectivity index (χ0) is 18.8. The molecule has 0 aliphatic carbocycles. The van der Waals surface area contributed by atoms with Gasteiger partial charge in [0.15, 0.2) is 0 Å². The van der Waals surface area contributed by atoms with E-state index in [1.54, 1.807) is 24.5 Å². The van der Waals surface area contributed by atoms with Crippen LogP contribution < -0.4 is 0 Å². The molecule has 4 aromatic rings. The third kappa shape index (κ3) is 3.51. The van der Waals surface area contributed by atoms with Gasteiger partial charge in [-0.1, -0.05) is 32.0 Å². The van der Waals surface area contributed by atoms with Crippen LogP contribution in [0.3, 0.4) is 0 Å². The van der Waals surface area contributed by atoms with E-state index in [-0.39, 0.29) is 5.82 Å². The first-order valence-electron chi connectivity index (χ1n) is 8.98. The van der Waals surface area contributed by atoms with Crippen LogP contribution in [-0.2, 0) is 0 Å². The molecular formula is C23H20FN3. The predicted octanol–water partition coefficient (Wildman–Crippen LogP) is 6.07. The number of aromatic amines is 1. The molecule has 4 rings (SSSR count). The Morgan fingerprint density at radius 1 is 0.852 bits per heavy atom. The average Bonchev–Trinajstić information content (AvgIpc) is 3.15. The molecule has 2 heterocycles. The van der Waals surface area contributed by atoms with Gasteiger partial charge in [-0.15, -0.1) is 0 Å². The van der Waals surface area contributed by atoms with Gasteiger partial charge in [0.25, 0.3) is 0 Å². The number of imidazole rings is 1. The maximum Gasteiger partial charge on any atom is 0.138 e. The summed E-state index contributed by atoms with van der Waals surface area (Å²) in [5.41, 5.74) is 5.84. The number of hydrogen-bond acceptors (Lipinski definition) is 2. The number of hydrogen-bond donors (Lipinski definition) is 1. The topological polar surface area (TPSA) is 41.6 Å². The third-order valence-corrected chi connectivity index (χ3v) is 4.62. The van der Waals surface area contributed by atoms with Gasteiger partial charge in [0.05, 0.1) is 11.4 Å². The normalized spacial score (nSPS) is 11.1. The van der Waals surface area contributed by atoms with Crippen molar-refractivity contribution in [3.05, 3.63) is 84.4 Å². The lowest BCUT2D eigenvalue weighted by atomic mass is 10.0. The molecule has 0 amide bonds. The Morgan fingerprint density at radius 2 is 1.59 bits per heavy atom. The highest BCUT2D eigenvalue weighted by Crippen LogP contribution is 2.33. The zero-order valence-electron chi connectivity index (χ0n) is 15.3. The van der Waals surface area contributed by atoms with E-state index in [4.69, 9.17) is 4.98 Å². The summed E-state index contributed by atoms with van der Waals surface area (Å²) in [5, 5.41) is 0. The molecule has 2 aromatic carbocycles. The maximum absolute atomic E-state index is 13.4. The van der Waals surface area contributed by atoms with Crippen LogP contribution in [0.15, 0.2) is 73.1 Å². The van der Waals surface area contributed by atoms with Gasteiger partial charge in [0.2, 0.25) is 0 Å². The number of nitrogens with zero attached hydrogens (tertiary/aromatic N) is 2. The fraction of sp³-hybridized carbons (Fsp3) is 0.130. The number of H-pyrrole nitrogens is 1. The molecule has 0 saturated carbocycles. The summed E-state index contributed by atoms with van der Waals surface area (Å²) in [7, 11) is 0. The second-order valence-corrected chi connectivity index (χ2v) is 6.83. The second-order valence-electron chi connectivity index (χ2n) is 6.83. The molecule has 0 radical (unpaired) electrons. The van der Waals surface area contributed by atoms with Crippen molar-refractivity contribution in [2.24, 2.45) is 0 Å². The molecule has 134 valence electrons. The molecule has 0 saturated heterocycles. The number of halogens is 1. The first-order valence-corrected chi connectivity index (χ1v) is 8.98. The standard InChI is InChI=1S/C23H20FN3/c1-15(2)18-4-3-5-19(14-18)23-26-21(16-6-8-20(24)9-7-16)22(27-23)17-10-12-25-13-11-17/h3-15H,1-2H3,(H,26,27). The van der Waals surface area contributed by atoms with E-state index in [0.29, 0.717) is 5.92 Å². The van der Waals surface area contributed by atoms with E-state index in [1.165, 1.54) is 17.7 Å². The van der Waals surface area contributed by atoms with Crippen LogP contribution in [0.2, 0.25) is 0 Å². The lowest BCUT2D eigenvalue weighted by Gasteiger charge is -2.06. The molecule has 1 N–H and O–H groups in total. The summed E-state index contributed by atoms with van der Waals surface area (Å²) in [5.74, 6) is 0.976. The van der Waals surface area contributed by atoms with Crippen LogP contribution in [0.4, 0.5) is 4.39 Å². The van der Waals surface area contributed by atoms with Gasteiger partial charge in [-0.05, 0) is 53.9 Å². The van der Waals surface area contributed by atoms with Gasteiger partial charge in [0.1, 0.15) is 11.6 Å². The van der Waals surface area contributed by atoms with Gasteiger partial charge in [-0.2, -0.15) is 0 Å². The van der Waals surface area contributed by atoms with Crippen molar-refractivity contribution >= 4 is 0 Å². The molecule has 0 atom stereocenters. The van der Waals surface area contributed by atoms with Gasteiger partial charge >= 0.3 is 0 Å². The Balaban J connectivity index is 1.88. The minimum atomic E-state index is -0.260. The largest absolute Gasteiger partial charge is 0.337 e. The minimum Gasteiger partial charge on any atom is -0.337 e. The fourth-order valence-electron chi connectivity index (χ4n) is 3.10. The van der Waals surface area contributed by atoms with Gasteiger partial charge < -0.3 is 4.98 Å². The number of nitrogens with one attached hydrogen (secondary N) is 1. The molecule has 0 bridgehead atoms. The predicted molar refractivity (Wildman–Crippen MR) is 107 cm³/mol. The van der Waals surface area contributed by atoms with Crippen LogP contribution in [0.1, 0.15) is 25.3 Å². The summed E-state index contributed by atoms with van der Waals surface area (Å²) < 4.78 is 13.4. The second kappa shape index (κ2) is 7.16. The van der Waals surface area contributed by atoms with E-state index in [0.717, 1.165) is 33.9 Å². The maximum atomic E-state index is 13.4. The molecule has 0 fully saturated rings. The van der Waals surface area contributed by atoms with Crippen LogP contribution in [0.25, 0.3) is 33.9 Å². The summed E-state index contributed by atoms with van der Waals surface area (Å²) in [6.07, 6.45) is 3.51. The highest BCUT2D eigenvalue weighted by atomic mass is 19.1. The quantitative estimate of drug-likeness (QED) is 0.482. The minimum absolute atomic E-state index is 0.260. The van der Waals surface area contributed by atoms with E-state index in [2.05, 4.69) is 48.1 Å². The third-order valence-electron chi connectivity index (χ3n) is 4.62. The van der Waals surface area contributed by atoms with Crippen LogP contribution in [0, 0.1) is 5.82 Å². The molecular weight excluding hydrogens is 337 g/mol. The first-order chi connectivity index (χ1) is 13.1. The zero-order valence-corrected chi connectivity index (χ0v) is 15.3. The number of aromatic nitrogens is 3. The molecule has 0 aliphatic rings. The van der Waals surface area contributed by atoms with Crippen molar-refractivity contribution in [2.75, 3.05) is 0 Å². The van der Waals surface area contributed by atoms with Gasteiger partial charge in [-0.3, -0.25) is 4.98 Å². The van der Waals surface area contributed by atoms with Gasteiger partial charge in [0, 0.05) is 29.1 Å². The summed E-state index contributed by atoms with van der Waals surface area (Å²) >= 11 is 0. The summed E-state index contributed by atoms with van der Waals surface area (Å²) in [6, 6.07) is 18.7. The smallest absolute Gasteiger partial charge is 0.138 e. The number of pyridine rings is 1. The highest BCUT2D eigenvalue weighted by molar-refractivity contribution is 5.81. The number of rotatable bonds is 4. The fourth-order valence-corrected chi connectivity index (χ4v) is 3.10. The van der Waals surface area contributed by atoms with Crippen LogP contribution >= 0.6 is 0 Å². The van der Waals surface area contributed by atoms with Crippen molar-refractivity contribution in [3.63, 3.8) is 0 Å². The Hall–Kier alpha value is -3.27. The lowest BCUT2D eigenvalue weighted by molar-refractivity contribution is 0.628. The summed E-state index contributed by atoms with van der Waals surface area (Å²) in [6.45, 7) is 4.35. The van der Waals surface area contributed by atoms with Crippen molar-refractivity contribution in [1.82, 2.24) is 15.0 Å². The van der Waals surface area contributed by atoms with E-state index in [1.807, 2.05) is 12.1 Å². The average molecular weight is 357 g/mol. The molecule has 0 spiro atoms. The molecule has 0 aliphatic heterocycles.